The lowest BCUT2D eigenvalue weighted by molar-refractivity contribution is -0.134. The van der Waals surface area contributed by atoms with E-state index in [0.717, 1.165) is 13.0 Å². The van der Waals surface area contributed by atoms with Crippen LogP contribution in [0.15, 0.2) is 0 Å². The summed E-state index contributed by atoms with van der Waals surface area (Å²) in [5, 5.41) is 0. The second kappa shape index (κ2) is 2.72. The van der Waals surface area contributed by atoms with Crippen LogP contribution < -0.4 is 0 Å². The maximum atomic E-state index is 12.1. The number of carbonyl (C=O) groups excluding carboxylic acids is 1. The Morgan fingerprint density at radius 2 is 2.07 bits per heavy atom. The first-order chi connectivity index (χ1) is 6.68. The van der Waals surface area contributed by atoms with Crippen molar-refractivity contribution in [2.24, 2.45) is 11.8 Å². The predicted octanol–water partition coefficient (Wildman–Crippen LogP) is 1.03. The van der Waals surface area contributed by atoms with E-state index in [1.165, 1.54) is 6.42 Å². The van der Waals surface area contributed by atoms with Crippen molar-refractivity contribution >= 4 is 5.91 Å². The van der Waals surface area contributed by atoms with E-state index in [4.69, 9.17) is 4.74 Å². The summed E-state index contributed by atoms with van der Waals surface area (Å²) >= 11 is 0. The quantitative estimate of drug-likeness (QED) is 0.625. The summed E-state index contributed by atoms with van der Waals surface area (Å²) < 4.78 is 5.79. The zero-order valence-corrected chi connectivity index (χ0v) is 8.77. The number of amides is 1. The van der Waals surface area contributed by atoms with E-state index in [9.17, 15) is 4.79 Å². The van der Waals surface area contributed by atoms with Crippen molar-refractivity contribution in [2.45, 2.75) is 44.9 Å². The van der Waals surface area contributed by atoms with E-state index in [0.29, 0.717) is 24.0 Å². The standard InChI is InChI=1S/C11H17NO2/c1-6(2)12-5-7-8-3-4-9(14-8)10(7)11(12)13/h6-10H,3-5H2,1-2H3. The van der Waals surface area contributed by atoms with Crippen LogP contribution in [0.5, 0.6) is 0 Å². The average Bonchev–Trinajstić information content (AvgIpc) is 2.75. The summed E-state index contributed by atoms with van der Waals surface area (Å²) in [5.41, 5.74) is 0. The molecule has 78 valence electrons. The fourth-order valence-corrected chi connectivity index (χ4v) is 3.32. The molecule has 0 aromatic rings. The Labute approximate surface area is 84.4 Å². The van der Waals surface area contributed by atoms with Crippen molar-refractivity contribution in [3.63, 3.8) is 0 Å². The minimum absolute atomic E-state index is 0.205. The van der Waals surface area contributed by atoms with Crippen LogP contribution in [0, 0.1) is 11.8 Å². The first kappa shape index (κ1) is 8.72. The van der Waals surface area contributed by atoms with Gasteiger partial charge in [-0.2, -0.15) is 0 Å². The van der Waals surface area contributed by atoms with Crippen LogP contribution in [0.2, 0.25) is 0 Å². The summed E-state index contributed by atoms with van der Waals surface area (Å²) in [6.07, 6.45) is 2.91. The molecule has 0 aliphatic carbocycles. The molecule has 2 bridgehead atoms. The molecule has 4 atom stereocenters. The molecule has 1 amide bonds. The van der Waals surface area contributed by atoms with E-state index in [1.54, 1.807) is 0 Å². The fraction of sp³-hybridized carbons (Fsp3) is 0.909. The third-order valence-electron chi connectivity index (χ3n) is 4.02. The Kier molecular flexibility index (Phi) is 1.69. The van der Waals surface area contributed by atoms with Gasteiger partial charge in [-0.05, 0) is 26.7 Å². The van der Waals surface area contributed by atoms with Gasteiger partial charge in [0, 0.05) is 18.5 Å². The second-order valence-electron chi connectivity index (χ2n) is 5.06. The summed E-state index contributed by atoms with van der Waals surface area (Å²) in [6.45, 7) is 5.13. The van der Waals surface area contributed by atoms with Gasteiger partial charge in [0.1, 0.15) is 0 Å². The number of rotatable bonds is 1. The van der Waals surface area contributed by atoms with Crippen LogP contribution >= 0.6 is 0 Å². The van der Waals surface area contributed by atoms with Crippen LogP contribution in [0.1, 0.15) is 26.7 Å². The Morgan fingerprint density at radius 3 is 2.71 bits per heavy atom. The topological polar surface area (TPSA) is 29.5 Å². The highest BCUT2D eigenvalue weighted by atomic mass is 16.5. The molecule has 3 heterocycles. The van der Waals surface area contributed by atoms with Crippen LogP contribution in [-0.2, 0) is 9.53 Å². The summed E-state index contributed by atoms with van der Waals surface area (Å²) in [7, 11) is 0. The summed E-state index contributed by atoms with van der Waals surface area (Å²) in [5.74, 6) is 1.05. The summed E-state index contributed by atoms with van der Waals surface area (Å²) in [4.78, 5) is 14.1. The molecule has 0 aromatic heterocycles. The minimum Gasteiger partial charge on any atom is -0.374 e. The van der Waals surface area contributed by atoms with Gasteiger partial charge in [0.2, 0.25) is 5.91 Å². The largest absolute Gasteiger partial charge is 0.374 e. The van der Waals surface area contributed by atoms with Gasteiger partial charge >= 0.3 is 0 Å². The number of hydrogen-bond donors (Lipinski definition) is 0. The second-order valence-corrected chi connectivity index (χ2v) is 5.06. The third-order valence-corrected chi connectivity index (χ3v) is 4.02. The maximum Gasteiger partial charge on any atom is 0.228 e. The molecule has 3 aliphatic rings. The Balaban J connectivity index is 1.86. The SMILES string of the molecule is CC(C)N1CC2C3CCC(O3)C2C1=O. The van der Waals surface area contributed by atoms with Gasteiger partial charge in [-0.3, -0.25) is 4.79 Å². The molecule has 3 nitrogen and oxygen atoms in total. The lowest BCUT2D eigenvalue weighted by Gasteiger charge is -2.22. The minimum atomic E-state index is 0.205. The molecule has 0 aromatic carbocycles. The van der Waals surface area contributed by atoms with Crippen molar-refractivity contribution < 1.29 is 9.53 Å². The van der Waals surface area contributed by atoms with Crippen LogP contribution in [0.4, 0.5) is 0 Å². The zero-order chi connectivity index (χ0) is 9.87. The molecule has 3 aliphatic heterocycles. The molecule has 3 saturated heterocycles. The zero-order valence-electron chi connectivity index (χ0n) is 8.77. The number of hydrogen-bond acceptors (Lipinski definition) is 2. The highest BCUT2D eigenvalue weighted by molar-refractivity contribution is 5.83. The Morgan fingerprint density at radius 1 is 1.36 bits per heavy atom. The van der Waals surface area contributed by atoms with Crippen LogP contribution in [0.3, 0.4) is 0 Å². The Bertz CT molecular complexity index is 276. The van der Waals surface area contributed by atoms with Crippen molar-refractivity contribution in [1.29, 1.82) is 0 Å². The van der Waals surface area contributed by atoms with Gasteiger partial charge in [0.15, 0.2) is 0 Å². The van der Waals surface area contributed by atoms with Crippen molar-refractivity contribution in [3.8, 4) is 0 Å². The lowest BCUT2D eigenvalue weighted by atomic mass is 9.81. The normalized spacial score (nSPS) is 45.4. The molecule has 0 saturated carbocycles. The summed E-state index contributed by atoms with van der Waals surface area (Å²) in [6, 6.07) is 0.354. The number of nitrogens with zero attached hydrogens (tertiary/aromatic N) is 1. The first-order valence-corrected chi connectivity index (χ1v) is 5.64. The number of carbonyl (C=O) groups is 1. The molecule has 3 rings (SSSR count). The molecule has 0 N–H and O–H groups in total. The molecule has 14 heavy (non-hydrogen) atoms. The van der Waals surface area contributed by atoms with Crippen LogP contribution in [-0.4, -0.2) is 35.6 Å². The molecule has 0 radical (unpaired) electrons. The molecule has 4 unspecified atom stereocenters. The van der Waals surface area contributed by atoms with Crippen molar-refractivity contribution in [2.75, 3.05) is 6.54 Å². The van der Waals surface area contributed by atoms with Gasteiger partial charge in [0.25, 0.3) is 0 Å². The monoisotopic (exact) mass is 195 g/mol. The maximum absolute atomic E-state index is 12.1. The fourth-order valence-electron chi connectivity index (χ4n) is 3.32. The third kappa shape index (κ3) is 0.937. The number of ether oxygens (including phenoxy) is 1. The molecule has 0 spiro atoms. The van der Waals surface area contributed by atoms with E-state index in [-0.39, 0.29) is 12.0 Å². The lowest BCUT2D eigenvalue weighted by Crippen LogP contribution is -2.36. The van der Waals surface area contributed by atoms with Crippen molar-refractivity contribution in [1.82, 2.24) is 4.90 Å². The highest BCUT2D eigenvalue weighted by Gasteiger charge is 2.57. The molecule has 3 fully saturated rings. The highest BCUT2D eigenvalue weighted by Crippen LogP contribution is 2.48. The first-order valence-electron chi connectivity index (χ1n) is 5.64. The smallest absolute Gasteiger partial charge is 0.228 e. The van der Waals surface area contributed by atoms with E-state index in [1.807, 2.05) is 4.90 Å². The molecular weight excluding hydrogens is 178 g/mol. The van der Waals surface area contributed by atoms with Gasteiger partial charge in [-0.15, -0.1) is 0 Å². The molecule has 3 heteroatoms. The van der Waals surface area contributed by atoms with Gasteiger partial charge in [-0.1, -0.05) is 0 Å². The van der Waals surface area contributed by atoms with Crippen molar-refractivity contribution in [3.05, 3.63) is 0 Å². The van der Waals surface area contributed by atoms with Gasteiger partial charge < -0.3 is 9.64 Å². The molecular formula is C11H17NO2. The van der Waals surface area contributed by atoms with Gasteiger partial charge in [-0.25, -0.2) is 0 Å². The van der Waals surface area contributed by atoms with E-state index in [2.05, 4.69) is 13.8 Å². The van der Waals surface area contributed by atoms with Gasteiger partial charge in [0.05, 0.1) is 18.1 Å². The van der Waals surface area contributed by atoms with E-state index < -0.39 is 0 Å². The number of fused-ring (bicyclic) bond motifs is 5. The predicted molar refractivity (Wildman–Crippen MR) is 51.7 cm³/mol. The van der Waals surface area contributed by atoms with E-state index >= 15 is 0 Å². The number of likely N-dealkylation sites (tertiary alicyclic amines) is 1. The van der Waals surface area contributed by atoms with Crippen LogP contribution in [0.25, 0.3) is 0 Å². The average molecular weight is 195 g/mol. The Hall–Kier alpha value is -0.570.